The van der Waals surface area contributed by atoms with Crippen molar-refractivity contribution in [2.24, 2.45) is 11.8 Å². The summed E-state index contributed by atoms with van der Waals surface area (Å²) in [4.78, 5) is 30.7. The second-order valence-electron chi connectivity index (χ2n) is 10.4. The summed E-state index contributed by atoms with van der Waals surface area (Å²) in [5, 5.41) is 3.50. The van der Waals surface area contributed by atoms with Gasteiger partial charge in [0.05, 0.1) is 20.1 Å². The van der Waals surface area contributed by atoms with Gasteiger partial charge >= 0.3 is 0 Å². The monoisotopic (exact) mass is 539 g/mol. The van der Waals surface area contributed by atoms with Gasteiger partial charge in [-0.3, -0.25) is 9.59 Å². The average Bonchev–Trinajstić information content (AvgIpc) is 3.39. The Labute approximate surface area is 233 Å². The minimum absolute atomic E-state index is 0.0221. The molecule has 1 N–H and O–H groups in total. The first-order chi connectivity index (χ1) is 18.9. The number of hydrogen-bond donors (Lipinski definition) is 1. The Kier molecular flexibility index (Phi) is 12.1. The van der Waals surface area contributed by atoms with Crippen molar-refractivity contribution < 1.29 is 23.8 Å². The minimum atomic E-state index is -0.0347. The summed E-state index contributed by atoms with van der Waals surface area (Å²) in [5.41, 5.74) is 1.60. The van der Waals surface area contributed by atoms with E-state index in [9.17, 15) is 9.59 Å². The third-order valence-corrected chi connectivity index (χ3v) is 7.34. The van der Waals surface area contributed by atoms with E-state index in [4.69, 9.17) is 14.2 Å². The van der Waals surface area contributed by atoms with Gasteiger partial charge in [-0.1, -0.05) is 30.3 Å². The number of carbonyl (C=O) groups excluding carboxylic acids is 2. The van der Waals surface area contributed by atoms with Crippen LogP contribution in [-0.4, -0.2) is 87.8 Å². The summed E-state index contributed by atoms with van der Waals surface area (Å²) < 4.78 is 16.5. The average molecular weight is 540 g/mol. The molecule has 0 saturated carbocycles. The molecule has 1 aliphatic heterocycles. The quantitative estimate of drug-likeness (QED) is 0.346. The summed E-state index contributed by atoms with van der Waals surface area (Å²) >= 11 is 0. The number of ether oxygens (including phenoxy) is 3. The molecule has 2 aromatic carbocycles. The topological polar surface area (TPSA) is 80.3 Å². The molecule has 0 radical (unpaired) electrons. The standard InChI is InChI=1S/C31H45N3O5/c1-6-33(30(35)17-24-11-8-7-9-12-24)21-26-19-32-20-27(26)22-34(23(2)3)31(36)25-13-14-28(38-5)29(18-25)39-16-10-15-37-4/h7-9,11-14,18,23,26-27,32H,6,10,15-17,19-22H2,1-5H3/t26-,27-/m0/s1. The Morgan fingerprint density at radius 3 is 2.33 bits per heavy atom. The first-order valence-corrected chi connectivity index (χ1v) is 14.0. The molecule has 1 saturated heterocycles. The highest BCUT2D eigenvalue weighted by Gasteiger charge is 2.33. The van der Waals surface area contributed by atoms with Gasteiger partial charge in [0.2, 0.25) is 5.91 Å². The molecule has 2 amide bonds. The molecule has 3 rings (SSSR count). The summed E-state index contributed by atoms with van der Waals surface area (Å²) in [6.45, 7) is 10.8. The van der Waals surface area contributed by atoms with Gasteiger partial charge in [0.25, 0.3) is 5.91 Å². The highest BCUT2D eigenvalue weighted by Crippen LogP contribution is 2.30. The SMILES string of the molecule is CCN(C[C@@H]1CNC[C@H]1CN(C(=O)c1ccc(OC)c(OCCCOC)c1)C(C)C)C(=O)Cc1ccccc1. The van der Waals surface area contributed by atoms with E-state index in [1.165, 1.54) is 0 Å². The number of hydrogen-bond acceptors (Lipinski definition) is 6. The molecule has 8 heteroatoms. The molecule has 2 aromatic rings. The molecule has 1 heterocycles. The lowest BCUT2D eigenvalue weighted by molar-refractivity contribution is -0.131. The number of rotatable bonds is 15. The second-order valence-corrected chi connectivity index (χ2v) is 10.4. The van der Waals surface area contributed by atoms with E-state index in [0.29, 0.717) is 56.3 Å². The Morgan fingerprint density at radius 2 is 1.69 bits per heavy atom. The normalized spacial score (nSPS) is 16.8. The zero-order chi connectivity index (χ0) is 28.2. The summed E-state index contributed by atoms with van der Waals surface area (Å²) in [5.74, 6) is 1.78. The Bertz CT molecular complexity index is 1050. The number of benzene rings is 2. The van der Waals surface area contributed by atoms with E-state index in [0.717, 1.165) is 25.1 Å². The predicted molar refractivity (Wildman–Crippen MR) is 153 cm³/mol. The summed E-state index contributed by atoms with van der Waals surface area (Å²) in [6.07, 6.45) is 1.15. The summed E-state index contributed by atoms with van der Waals surface area (Å²) in [7, 11) is 3.25. The van der Waals surface area contributed by atoms with Gasteiger partial charge in [0, 0.05) is 64.5 Å². The van der Waals surface area contributed by atoms with Crippen LogP contribution in [0.25, 0.3) is 0 Å². The van der Waals surface area contributed by atoms with Crippen molar-refractivity contribution in [3.63, 3.8) is 0 Å². The maximum atomic E-state index is 13.7. The predicted octanol–water partition coefficient (Wildman–Crippen LogP) is 3.89. The van der Waals surface area contributed by atoms with E-state index in [1.54, 1.807) is 32.4 Å². The lowest BCUT2D eigenvalue weighted by Gasteiger charge is -2.33. The third-order valence-electron chi connectivity index (χ3n) is 7.34. The fourth-order valence-corrected chi connectivity index (χ4v) is 5.04. The van der Waals surface area contributed by atoms with Crippen molar-refractivity contribution in [3.05, 3.63) is 59.7 Å². The molecule has 0 spiro atoms. The molecule has 2 atom stereocenters. The van der Waals surface area contributed by atoms with Crippen LogP contribution in [-0.2, 0) is 16.0 Å². The van der Waals surface area contributed by atoms with E-state index in [1.807, 2.05) is 60.9 Å². The molecule has 0 aliphatic carbocycles. The number of nitrogens with zero attached hydrogens (tertiary/aromatic N) is 2. The van der Waals surface area contributed by atoms with Crippen molar-refractivity contribution in [2.45, 2.75) is 39.7 Å². The number of amides is 2. The molecule has 39 heavy (non-hydrogen) atoms. The van der Waals surface area contributed by atoms with E-state index in [2.05, 4.69) is 5.32 Å². The van der Waals surface area contributed by atoms with Crippen LogP contribution in [0.2, 0.25) is 0 Å². The Hall–Kier alpha value is -3.10. The lowest BCUT2D eigenvalue weighted by atomic mass is 9.93. The van der Waals surface area contributed by atoms with Crippen LogP contribution in [0.3, 0.4) is 0 Å². The molecular weight excluding hydrogens is 494 g/mol. The van der Waals surface area contributed by atoms with E-state index >= 15 is 0 Å². The van der Waals surface area contributed by atoms with Crippen LogP contribution in [0, 0.1) is 11.8 Å². The number of nitrogens with one attached hydrogen (secondary N) is 1. The number of methoxy groups -OCH3 is 2. The molecule has 1 aliphatic rings. The van der Waals surface area contributed by atoms with Crippen LogP contribution in [0.15, 0.2) is 48.5 Å². The van der Waals surface area contributed by atoms with Gasteiger partial charge in [-0.15, -0.1) is 0 Å². The first-order valence-electron chi connectivity index (χ1n) is 14.0. The molecule has 0 bridgehead atoms. The zero-order valence-corrected chi connectivity index (χ0v) is 24.2. The molecule has 8 nitrogen and oxygen atoms in total. The van der Waals surface area contributed by atoms with Gasteiger partial charge in [-0.05, 0) is 56.4 Å². The largest absolute Gasteiger partial charge is 0.493 e. The smallest absolute Gasteiger partial charge is 0.254 e. The maximum absolute atomic E-state index is 13.7. The van der Waals surface area contributed by atoms with Gasteiger partial charge in [0.15, 0.2) is 11.5 Å². The van der Waals surface area contributed by atoms with Crippen LogP contribution in [0.1, 0.15) is 43.1 Å². The fourth-order valence-electron chi connectivity index (χ4n) is 5.04. The van der Waals surface area contributed by atoms with Crippen LogP contribution >= 0.6 is 0 Å². The fraction of sp³-hybridized carbons (Fsp3) is 0.548. The van der Waals surface area contributed by atoms with Gasteiger partial charge in [-0.25, -0.2) is 0 Å². The Morgan fingerprint density at radius 1 is 0.974 bits per heavy atom. The van der Waals surface area contributed by atoms with Gasteiger partial charge in [0.1, 0.15) is 0 Å². The van der Waals surface area contributed by atoms with Crippen molar-refractivity contribution in [2.75, 3.05) is 60.2 Å². The van der Waals surface area contributed by atoms with E-state index in [-0.39, 0.29) is 29.7 Å². The highest BCUT2D eigenvalue weighted by molar-refractivity contribution is 5.95. The van der Waals surface area contributed by atoms with Crippen molar-refractivity contribution in [1.82, 2.24) is 15.1 Å². The maximum Gasteiger partial charge on any atom is 0.254 e. The first kappa shape index (κ1) is 30.4. The Balaban J connectivity index is 1.68. The zero-order valence-electron chi connectivity index (χ0n) is 24.2. The van der Waals surface area contributed by atoms with E-state index < -0.39 is 0 Å². The van der Waals surface area contributed by atoms with Crippen molar-refractivity contribution in [1.29, 1.82) is 0 Å². The van der Waals surface area contributed by atoms with Crippen LogP contribution < -0.4 is 14.8 Å². The van der Waals surface area contributed by atoms with Crippen molar-refractivity contribution >= 4 is 11.8 Å². The second kappa shape index (κ2) is 15.5. The van der Waals surface area contributed by atoms with Gasteiger partial charge in [-0.2, -0.15) is 0 Å². The molecule has 214 valence electrons. The van der Waals surface area contributed by atoms with Crippen molar-refractivity contribution in [3.8, 4) is 11.5 Å². The highest BCUT2D eigenvalue weighted by atomic mass is 16.5. The molecule has 1 fully saturated rings. The molecule has 0 aromatic heterocycles. The molecule has 0 unspecified atom stereocenters. The van der Waals surface area contributed by atoms with Gasteiger partial charge < -0.3 is 29.3 Å². The minimum Gasteiger partial charge on any atom is -0.493 e. The van der Waals surface area contributed by atoms with Crippen LogP contribution in [0.4, 0.5) is 0 Å². The number of carbonyl (C=O) groups is 2. The number of likely N-dealkylation sites (N-methyl/N-ethyl adjacent to an activating group) is 1. The molecular formula is C31H45N3O5. The van der Waals surface area contributed by atoms with Crippen LogP contribution in [0.5, 0.6) is 11.5 Å². The summed E-state index contributed by atoms with van der Waals surface area (Å²) in [6, 6.07) is 15.3. The third kappa shape index (κ3) is 8.70. The lowest BCUT2D eigenvalue weighted by Crippen LogP contribution is -2.44.